The molecular weight excluding hydrogens is 304 g/mol. The van der Waals surface area contributed by atoms with E-state index in [1.54, 1.807) is 0 Å². The van der Waals surface area contributed by atoms with Gasteiger partial charge in [0.2, 0.25) is 0 Å². The van der Waals surface area contributed by atoms with Gasteiger partial charge in [-0.25, -0.2) is 0 Å². The topological polar surface area (TPSA) is 52.6 Å². The van der Waals surface area contributed by atoms with Crippen LogP contribution in [0, 0.1) is 10.8 Å². The summed E-state index contributed by atoms with van der Waals surface area (Å²) in [6.07, 6.45) is -0.0108. The Bertz CT molecular complexity index is 535. The van der Waals surface area contributed by atoms with E-state index < -0.39 is 5.92 Å². The molecular formula is C20H30O4. The lowest BCUT2D eigenvalue weighted by Gasteiger charge is -2.22. The van der Waals surface area contributed by atoms with Gasteiger partial charge in [-0.15, -0.1) is 0 Å². The SMILES string of the molecule is CC(C)(C)COC(=O)CC(C(=O)OCC(C)(C)C)c1ccccc1. The Balaban J connectivity index is 2.79. The zero-order chi connectivity index (χ0) is 18.4. The molecule has 0 aliphatic heterocycles. The van der Waals surface area contributed by atoms with Gasteiger partial charge in [-0.1, -0.05) is 71.9 Å². The van der Waals surface area contributed by atoms with Gasteiger partial charge in [-0.3, -0.25) is 9.59 Å². The highest BCUT2D eigenvalue weighted by Crippen LogP contribution is 2.24. The zero-order valence-electron chi connectivity index (χ0n) is 15.7. The summed E-state index contributed by atoms with van der Waals surface area (Å²) in [4.78, 5) is 24.6. The fraction of sp³-hybridized carbons (Fsp3) is 0.600. The molecule has 1 atom stereocenters. The van der Waals surface area contributed by atoms with E-state index in [-0.39, 0.29) is 29.2 Å². The van der Waals surface area contributed by atoms with Crippen LogP contribution < -0.4 is 0 Å². The van der Waals surface area contributed by atoms with Gasteiger partial charge in [-0.05, 0) is 16.4 Å². The molecule has 24 heavy (non-hydrogen) atoms. The second-order valence-electron chi connectivity index (χ2n) is 8.56. The Hall–Kier alpha value is -1.84. The zero-order valence-corrected chi connectivity index (χ0v) is 15.7. The van der Waals surface area contributed by atoms with Crippen LogP contribution in [0.3, 0.4) is 0 Å². The quantitative estimate of drug-likeness (QED) is 0.726. The summed E-state index contributed by atoms with van der Waals surface area (Å²) in [5, 5.41) is 0. The Labute approximate surface area is 145 Å². The third kappa shape index (κ3) is 8.14. The lowest BCUT2D eigenvalue weighted by Crippen LogP contribution is -2.26. The average molecular weight is 334 g/mol. The third-order valence-corrected chi connectivity index (χ3v) is 3.17. The fourth-order valence-corrected chi connectivity index (χ4v) is 1.93. The fourth-order valence-electron chi connectivity index (χ4n) is 1.93. The van der Waals surface area contributed by atoms with Crippen LogP contribution in [-0.4, -0.2) is 25.2 Å². The van der Waals surface area contributed by atoms with Gasteiger partial charge in [0.1, 0.15) is 0 Å². The Morgan fingerprint density at radius 3 is 1.88 bits per heavy atom. The van der Waals surface area contributed by atoms with E-state index >= 15 is 0 Å². The number of hydrogen-bond donors (Lipinski definition) is 0. The Kier molecular flexibility index (Phi) is 7.00. The van der Waals surface area contributed by atoms with Crippen molar-refractivity contribution in [3.8, 4) is 0 Å². The van der Waals surface area contributed by atoms with Crippen LogP contribution in [0.15, 0.2) is 30.3 Å². The summed E-state index contributed by atoms with van der Waals surface area (Å²) in [5.41, 5.74) is 0.540. The van der Waals surface area contributed by atoms with Gasteiger partial charge in [0, 0.05) is 0 Å². The lowest BCUT2D eigenvalue weighted by atomic mass is 9.95. The van der Waals surface area contributed by atoms with E-state index in [1.165, 1.54) is 0 Å². The molecule has 1 unspecified atom stereocenters. The minimum Gasteiger partial charge on any atom is -0.465 e. The summed E-state index contributed by atoms with van der Waals surface area (Å²) in [6, 6.07) is 9.23. The minimum absolute atomic E-state index is 0.0108. The number of esters is 2. The number of benzene rings is 1. The lowest BCUT2D eigenvalue weighted by molar-refractivity contribution is -0.155. The Morgan fingerprint density at radius 1 is 0.875 bits per heavy atom. The highest BCUT2D eigenvalue weighted by atomic mass is 16.5. The first-order valence-corrected chi connectivity index (χ1v) is 8.35. The molecule has 0 radical (unpaired) electrons. The minimum atomic E-state index is -0.638. The van der Waals surface area contributed by atoms with Gasteiger partial charge in [-0.2, -0.15) is 0 Å². The average Bonchev–Trinajstić information content (AvgIpc) is 2.47. The van der Waals surface area contributed by atoms with Crippen molar-refractivity contribution in [3.63, 3.8) is 0 Å². The van der Waals surface area contributed by atoms with Gasteiger partial charge < -0.3 is 9.47 Å². The van der Waals surface area contributed by atoms with Crippen LogP contribution >= 0.6 is 0 Å². The molecule has 4 nitrogen and oxygen atoms in total. The molecule has 0 fully saturated rings. The molecule has 0 amide bonds. The van der Waals surface area contributed by atoms with Crippen LogP contribution in [-0.2, 0) is 19.1 Å². The first-order valence-electron chi connectivity index (χ1n) is 8.35. The van der Waals surface area contributed by atoms with Crippen LogP contribution in [0.25, 0.3) is 0 Å². The highest BCUT2D eigenvalue weighted by Gasteiger charge is 2.28. The summed E-state index contributed by atoms with van der Waals surface area (Å²) >= 11 is 0. The van der Waals surface area contributed by atoms with E-state index in [0.29, 0.717) is 13.2 Å². The predicted molar refractivity (Wildman–Crippen MR) is 94.6 cm³/mol. The van der Waals surface area contributed by atoms with Gasteiger partial charge >= 0.3 is 11.9 Å². The molecule has 134 valence electrons. The van der Waals surface area contributed by atoms with Gasteiger partial charge in [0.05, 0.1) is 25.6 Å². The van der Waals surface area contributed by atoms with Crippen LogP contribution in [0.2, 0.25) is 0 Å². The van der Waals surface area contributed by atoms with E-state index in [4.69, 9.17) is 9.47 Å². The molecule has 0 saturated heterocycles. The first-order chi connectivity index (χ1) is 11.0. The smallest absolute Gasteiger partial charge is 0.314 e. The molecule has 0 aliphatic carbocycles. The number of carbonyl (C=O) groups is 2. The largest absolute Gasteiger partial charge is 0.465 e. The van der Waals surface area contributed by atoms with Crippen LogP contribution in [0.1, 0.15) is 59.4 Å². The monoisotopic (exact) mass is 334 g/mol. The summed E-state index contributed by atoms with van der Waals surface area (Å²) in [7, 11) is 0. The van der Waals surface area contributed by atoms with Crippen molar-refractivity contribution >= 4 is 11.9 Å². The second kappa shape index (κ2) is 8.32. The maximum absolute atomic E-state index is 12.5. The van der Waals surface area contributed by atoms with E-state index in [9.17, 15) is 9.59 Å². The van der Waals surface area contributed by atoms with Crippen molar-refractivity contribution in [2.75, 3.05) is 13.2 Å². The normalized spacial score (nSPS) is 13.2. The Morgan fingerprint density at radius 2 is 1.38 bits per heavy atom. The number of rotatable bonds is 6. The number of ether oxygens (including phenoxy) is 2. The molecule has 0 spiro atoms. The predicted octanol–water partition coefficient (Wildman–Crippen LogP) is 4.34. The summed E-state index contributed by atoms with van der Waals surface area (Å²) < 4.78 is 10.7. The molecule has 0 bridgehead atoms. The molecule has 1 rings (SSSR count). The van der Waals surface area contributed by atoms with Crippen molar-refractivity contribution in [3.05, 3.63) is 35.9 Å². The molecule has 0 aromatic heterocycles. The standard InChI is InChI=1S/C20H30O4/c1-19(2,3)13-23-17(21)12-16(15-10-8-7-9-11-15)18(22)24-14-20(4,5)6/h7-11,16H,12-14H2,1-6H3. The molecule has 1 aromatic rings. The number of hydrogen-bond acceptors (Lipinski definition) is 4. The van der Waals surface area contributed by atoms with E-state index in [1.807, 2.05) is 71.9 Å². The number of carbonyl (C=O) groups excluding carboxylic acids is 2. The second-order valence-corrected chi connectivity index (χ2v) is 8.56. The maximum atomic E-state index is 12.5. The van der Waals surface area contributed by atoms with Gasteiger partial charge in [0.15, 0.2) is 0 Å². The first kappa shape index (κ1) is 20.2. The molecule has 4 heteroatoms. The van der Waals surface area contributed by atoms with Crippen molar-refractivity contribution in [1.29, 1.82) is 0 Å². The van der Waals surface area contributed by atoms with Crippen molar-refractivity contribution < 1.29 is 19.1 Å². The van der Waals surface area contributed by atoms with E-state index in [0.717, 1.165) is 5.56 Å². The van der Waals surface area contributed by atoms with Crippen LogP contribution in [0.5, 0.6) is 0 Å². The third-order valence-electron chi connectivity index (χ3n) is 3.17. The molecule has 0 heterocycles. The molecule has 0 saturated carbocycles. The molecule has 0 aliphatic rings. The van der Waals surface area contributed by atoms with E-state index in [2.05, 4.69) is 0 Å². The molecule has 1 aromatic carbocycles. The van der Waals surface area contributed by atoms with Crippen LogP contribution in [0.4, 0.5) is 0 Å². The van der Waals surface area contributed by atoms with Crippen molar-refractivity contribution in [2.45, 2.75) is 53.9 Å². The maximum Gasteiger partial charge on any atom is 0.314 e. The van der Waals surface area contributed by atoms with Gasteiger partial charge in [0.25, 0.3) is 0 Å². The summed E-state index contributed by atoms with van der Waals surface area (Å²) in [6.45, 7) is 12.6. The highest BCUT2D eigenvalue weighted by molar-refractivity contribution is 5.84. The molecule has 0 N–H and O–H groups in total. The van der Waals surface area contributed by atoms with Crippen molar-refractivity contribution in [1.82, 2.24) is 0 Å². The van der Waals surface area contributed by atoms with Crippen molar-refractivity contribution in [2.24, 2.45) is 10.8 Å². The summed E-state index contributed by atoms with van der Waals surface area (Å²) in [5.74, 6) is -1.41.